The number of hydrogen-bond acceptors (Lipinski definition) is 3. The summed E-state index contributed by atoms with van der Waals surface area (Å²) in [7, 11) is 0. The first-order valence-electron chi connectivity index (χ1n) is 11.6. The Balaban J connectivity index is 0.00000122. The molecule has 0 unspecified atom stereocenters. The Bertz CT molecular complexity index is 520. The summed E-state index contributed by atoms with van der Waals surface area (Å²) >= 11 is 4.24. The molecule has 0 saturated carbocycles. The van der Waals surface area contributed by atoms with Crippen molar-refractivity contribution in [1.82, 2.24) is 5.32 Å². The van der Waals surface area contributed by atoms with E-state index in [0.717, 1.165) is 24.3 Å². The molecule has 2 N–H and O–H groups in total. The van der Waals surface area contributed by atoms with Crippen LogP contribution in [0.15, 0.2) is 66.1 Å². The van der Waals surface area contributed by atoms with Crippen molar-refractivity contribution < 1.29 is 22.2 Å². The van der Waals surface area contributed by atoms with Crippen molar-refractivity contribution >= 4 is 12.6 Å². The average molecular weight is 473 g/mol. The number of hydrogen-bond donors (Lipinski definition) is 3. The number of aliphatic hydroxyl groups is 1. The Kier molecular flexibility index (Phi) is 22.0. The fraction of sp³-hybridized carbons (Fsp3) is 0.577. The van der Waals surface area contributed by atoms with E-state index in [4.69, 9.17) is 0 Å². The third-order valence-corrected chi connectivity index (χ3v) is 5.44. The number of nitrogens with one attached hydrogen (secondary N) is 1. The number of unbranched alkanes of at least 4 members (excludes halogenated alkanes) is 12. The number of aliphatic hydroxyl groups excluding tert-OH is 1. The average Bonchev–Trinajstić information content (AvgIpc) is 3.47. The molecule has 2 rings (SSSR count). The molecule has 1 aromatic carbocycles. The molecule has 0 fully saturated rings. The summed E-state index contributed by atoms with van der Waals surface area (Å²) < 4.78 is 0. The van der Waals surface area contributed by atoms with Gasteiger partial charge in [0.2, 0.25) is 0 Å². The SMILES string of the molecule is OC(NCCCCCCCCCCCCCCCS)=C1C=CC=C1.[Fe].c1cc[cH-]c1. The van der Waals surface area contributed by atoms with Crippen LogP contribution in [0.5, 0.6) is 0 Å². The Morgan fingerprint density at radius 1 is 0.733 bits per heavy atom. The molecule has 0 aliphatic heterocycles. The van der Waals surface area contributed by atoms with Crippen LogP contribution in [0.4, 0.5) is 0 Å². The molecule has 30 heavy (non-hydrogen) atoms. The number of thiol groups is 1. The summed E-state index contributed by atoms with van der Waals surface area (Å²) in [6.45, 7) is 0.865. The van der Waals surface area contributed by atoms with Crippen LogP contribution in [0.25, 0.3) is 0 Å². The van der Waals surface area contributed by atoms with Gasteiger partial charge >= 0.3 is 0 Å². The van der Waals surface area contributed by atoms with Crippen molar-refractivity contribution in [3.05, 3.63) is 66.1 Å². The van der Waals surface area contributed by atoms with E-state index in [-0.39, 0.29) is 17.1 Å². The summed E-state index contributed by atoms with van der Waals surface area (Å²) in [5, 5.41) is 12.9. The summed E-state index contributed by atoms with van der Waals surface area (Å²) in [6.07, 6.45) is 25.3. The van der Waals surface area contributed by atoms with E-state index in [1.54, 1.807) is 0 Å². The van der Waals surface area contributed by atoms with Gasteiger partial charge in [-0.3, -0.25) is 0 Å². The van der Waals surface area contributed by atoms with Crippen molar-refractivity contribution in [2.24, 2.45) is 0 Å². The van der Waals surface area contributed by atoms with Gasteiger partial charge in [0.1, 0.15) is 0 Å². The van der Waals surface area contributed by atoms with Crippen LogP contribution in [0.3, 0.4) is 0 Å². The minimum atomic E-state index is 0. The van der Waals surface area contributed by atoms with Gasteiger partial charge in [0.15, 0.2) is 5.88 Å². The van der Waals surface area contributed by atoms with E-state index in [9.17, 15) is 5.11 Å². The molecule has 2 nitrogen and oxygen atoms in total. The molecule has 0 radical (unpaired) electrons. The Morgan fingerprint density at radius 2 is 1.17 bits per heavy atom. The zero-order valence-corrected chi connectivity index (χ0v) is 20.5. The van der Waals surface area contributed by atoms with E-state index in [2.05, 4.69) is 17.9 Å². The normalized spacial score (nSPS) is 11.7. The Morgan fingerprint density at radius 3 is 1.57 bits per heavy atom. The van der Waals surface area contributed by atoms with Crippen LogP contribution >= 0.6 is 12.6 Å². The fourth-order valence-electron chi connectivity index (χ4n) is 3.34. The van der Waals surface area contributed by atoms with Gasteiger partial charge < -0.3 is 10.4 Å². The summed E-state index contributed by atoms with van der Waals surface area (Å²) in [6, 6.07) is 10.0. The quantitative estimate of drug-likeness (QED) is 0.0752. The van der Waals surface area contributed by atoms with Crippen LogP contribution in [0.1, 0.15) is 83.5 Å². The summed E-state index contributed by atoms with van der Waals surface area (Å²) in [4.78, 5) is 0. The molecule has 0 bridgehead atoms. The van der Waals surface area contributed by atoms with E-state index in [0.29, 0.717) is 5.88 Å². The van der Waals surface area contributed by atoms with Crippen molar-refractivity contribution in [1.29, 1.82) is 0 Å². The van der Waals surface area contributed by atoms with E-state index in [1.807, 2.05) is 54.6 Å². The number of rotatable bonds is 16. The maximum absolute atomic E-state index is 9.82. The zero-order chi connectivity index (χ0) is 20.8. The third kappa shape index (κ3) is 17.9. The third-order valence-electron chi connectivity index (χ3n) is 5.12. The molecular formula is C26H42FeNOS-. The summed E-state index contributed by atoms with van der Waals surface area (Å²) in [5.41, 5.74) is 0.886. The van der Waals surface area contributed by atoms with Gasteiger partial charge in [-0.2, -0.15) is 30.8 Å². The first kappa shape index (κ1) is 29.0. The first-order chi connectivity index (χ1) is 14.3. The fourth-order valence-corrected chi connectivity index (χ4v) is 3.57. The molecule has 0 amide bonds. The molecule has 0 atom stereocenters. The molecule has 1 aliphatic rings. The van der Waals surface area contributed by atoms with Crippen LogP contribution in [-0.2, 0) is 17.1 Å². The second-order valence-corrected chi connectivity index (χ2v) is 8.18. The molecule has 1 aliphatic carbocycles. The Labute approximate surface area is 201 Å². The van der Waals surface area contributed by atoms with Crippen LogP contribution < -0.4 is 5.32 Å². The van der Waals surface area contributed by atoms with Crippen molar-refractivity contribution in [2.75, 3.05) is 12.3 Å². The molecule has 0 aromatic heterocycles. The number of allylic oxidation sites excluding steroid dienone is 5. The van der Waals surface area contributed by atoms with E-state index in [1.165, 1.54) is 77.0 Å². The minimum Gasteiger partial charge on any atom is -0.494 e. The molecule has 0 spiro atoms. The molecule has 172 valence electrons. The topological polar surface area (TPSA) is 32.3 Å². The Hall–Kier alpha value is -0.961. The molecule has 1 aromatic rings. The first-order valence-corrected chi connectivity index (χ1v) is 12.3. The molecular weight excluding hydrogens is 430 g/mol. The van der Waals surface area contributed by atoms with Crippen molar-refractivity contribution in [3.63, 3.8) is 0 Å². The van der Waals surface area contributed by atoms with Gasteiger partial charge in [-0.1, -0.05) is 82.8 Å². The second kappa shape index (κ2) is 22.7. The monoisotopic (exact) mass is 472 g/mol. The predicted molar refractivity (Wildman–Crippen MR) is 132 cm³/mol. The van der Waals surface area contributed by atoms with Gasteiger partial charge in [0.05, 0.1) is 0 Å². The van der Waals surface area contributed by atoms with E-state index < -0.39 is 0 Å². The smallest absolute Gasteiger partial charge is 0.191 e. The maximum Gasteiger partial charge on any atom is 0.191 e. The maximum atomic E-state index is 9.82. The summed E-state index contributed by atoms with van der Waals surface area (Å²) in [5.74, 6) is 1.36. The standard InChI is InChI=1S/C21H37NOS.C5H5.Fe/c23-21(20-16-12-13-17-20)22-18-14-10-8-6-4-2-1-3-5-7-9-11-15-19-24;1-2-4-5-3-1;/h12-13,16-17,22-24H,1-11,14-15,18-19H2;1-5H;/q;-1;. The van der Waals surface area contributed by atoms with Gasteiger partial charge in [0.25, 0.3) is 0 Å². The van der Waals surface area contributed by atoms with Crippen LogP contribution in [0.2, 0.25) is 0 Å². The molecule has 4 heteroatoms. The van der Waals surface area contributed by atoms with Gasteiger partial charge in [-0.15, -0.1) is 0 Å². The van der Waals surface area contributed by atoms with Crippen LogP contribution in [-0.4, -0.2) is 17.4 Å². The van der Waals surface area contributed by atoms with Crippen LogP contribution in [0, 0.1) is 0 Å². The second-order valence-electron chi connectivity index (χ2n) is 7.73. The van der Waals surface area contributed by atoms with E-state index >= 15 is 0 Å². The van der Waals surface area contributed by atoms with Crippen molar-refractivity contribution in [2.45, 2.75) is 83.5 Å². The van der Waals surface area contributed by atoms with Gasteiger partial charge in [0, 0.05) is 29.2 Å². The largest absolute Gasteiger partial charge is 0.494 e. The van der Waals surface area contributed by atoms with Crippen molar-refractivity contribution in [3.8, 4) is 0 Å². The van der Waals surface area contributed by atoms with Gasteiger partial charge in [-0.25, -0.2) is 12.1 Å². The molecule has 0 saturated heterocycles. The van der Waals surface area contributed by atoms with Gasteiger partial charge in [-0.05, 0) is 30.7 Å². The predicted octanol–water partition coefficient (Wildman–Crippen LogP) is 7.88. The molecule has 0 heterocycles. The minimum absolute atomic E-state index is 0. The zero-order valence-electron chi connectivity index (χ0n) is 18.6.